The van der Waals surface area contributed by atoms with E-state index in [2.05, 4.69) is 22.8 Å². The fourth-order valence-electron chi connectivity index (χ4n) is 2.12. The first-order chi connectivity index (χ1) is 9.83. The van der Waals surface area contributed by atoms with E-state index in [9.17, 15) is 4.79 Å². The highest BCUT2D eigenvalue weighted by Crippen LogP contribution is 2.29. The van der Waals surface area contributed by atoms with E-state index in [1.54, 1.807) is 22.7 Å². The second-order valence-electron chi connectivity index (χ2n) is 5.11. The summed E-state index contributed by atoms with van der Waals surface area (Å²) < 4.78 is 0. The van der Waals surface area contributed by atoms with E-state index >= 15 is 0 Å². The lowest BCUT2D eigenvalue weighted by Gasteiger charge is -2.16. The Morgan fingerprint density at radius 3 is 2.29 bits per heavy atom. The van der Waals surface area contributed by atoms with Crippen LogP contribution in [0.4, 0.5) is 0 Å². The number of hydrogen-bond acceptors (Lipinski definition) is 4. The number of carbonyl (C=O) groups excluding carboxylic acids is 1. The Kier molecular flexibility index (Phi) is 6.23. The molecule has 21 heavy (non-hydrogen) atoms. The smallest absolute Gasteiger partial charge is 0.234 e. The van der Waals surface area contributed by atoms with Crippen molar-refractivity contribution in [2.45, 2.75) is 18.9 Å². The minimum Gasteiger partial charge on any atom is -0.342 e. The zero-order valence-corrected chi connectivity index (χ0v) is 14.0. The van der Waals surface area contributed by atoms with E-state index < -0.39 is 0 Å². The van der Waals surface area contributed by atoms with Crippen molar-refractivity contribution in [1.82, 2.24) is 10.6 Å². The molecule has 0 radical (unpaired) electrons. The molecule has 0 atom stereocenters. The van der Waals surface area contributed by atoms with Gasteiger partial charge in [0.05, 0.1) is 12.6 Å². The van der Waals surface area contributed by atoms with Gasteiger partial charge in [-0.15, -0.1) is 35.1 Å². The number of carbonyl (C=O) groups is 1. The van der Waals surface area contributed by atoms with E-state index in [0.717, 1.165) is 12.5 Å². The Morgan fingerprint density at radius 1 is 1.19 bits per heavy atom. The molecular formula is C15H19ClN2OS2. The summed E-state index contributed by atoms with van der Waals surface area (Å²) >= 11 is 3.36. The number of hydrogen-bond donors (Lipinski definition) is 2. The highest BCUT2D eigenvalue weighted by Gasteiger charge is 2.22. The first-order valence-corrected chi connectivity index (χ1v) is 8.66. The number of rotatable bonds is 7. The van der Waals surface area contributed by atoms with Crippen molar-refractivity contribution in [2.24, 2.45) is 5.92 Å². The maximum Gasteiger partial charge on any atom is 0.234 e. The van der Waals surface area contributed by atoms with E-state index in [-0.39, 0.29) is 24.4 Å². The molecule has 0 spiro atoms. The molecule has 6 heteroatoms. The molecule has 0 aliphatic heterocycles. The van der Waals surface area contributed by atoms with Gasteiger partial charge in [-0.25, -0.2) is 0 Å². The highest BCUT2D eigenvalue weighted by atomic mass is 35.5. The maximum absolute atomic E-state index is 12.1. The number of amides is 1. The normalized spacial score (nSPS) is 14.0. The molecule has 0 unspecified atom stereocenters. The van der Waals surface area contributed by atoms with Gasteiger partial charge in [0.15, 0.2) is 0 Å². The molecule has 2 aromatic rings. The van der Waals surface area contributed by atoms with Crippen LogP contribution in [0.3, 0.4) is 0 Å². The highest BCUT2D eigenvalue weighted by molar-refractivity contribution is 7.11. The van der Waals surface area contributed by atoms with E-state index in [1.165, 1.54) is 22.6 Å². The fourth-order valence-corrected chi connectivity index (χ4v) is 3.78. The van der Waals surface area contributed by atoms with Crippen LogP contribution in [0.25, 0.3) is 0 Å². The largest absolute Gasteiger partial charge is 0.342 e. The predicted octanol–water partition coefficient (Wildman–Crippen LogP) is 3.44. The Morgan fingerprint density at radius 2 is 1.81 bits per heavy atom. The SMILES string of the molecule is Cl.O=C(CNCC1CC1)NC(c1cccs1)c1cccs1. The van der Waals surface area contributed by atoms with Crippen molar-refractivity contribution in [3.05, 3.63) is 44.8 Å². The molecule has 1 amide bonds. The van der Waals surface area contributed by atoms with Crippen LogP contribution in [-0.2, 0) is 4.79 Å². The number of halogens is 1. The van der Waals surface area contributed by atoms with Crippen LogP contribution in [0.15, 0.2) is 35.0 Å². The Bertz CT molecular complexity index is 504. The van der Waals surface area contributed by atoms with Crippen LogP contribution in [0.1, 0.15) is 28.6 Å². The van der Waals surface area contributed by atoms with Crippen LogP contribution in [0, 0.1) is 5.92 Å². The summed E-state index contributed by atoms with van der Waals surface area (Å²) in [6.07, 6.45) is 2.61. The third-order valence-corrected chi connectivity index (χ3v) is 5.25. The summed E-state index contributed by atoms with van der Waals surface area (Å²) in [4.78, 5) is 14.4. The maximum atomic E-state index is 12.1. The third kappa shape index (κ3) is 4.81. The summed E-state index contributed by atoms with van der Waals surface area (Å²) in [5.74, 6) is 0.866. The monoisotopic (exact) mass is 342 g/mol. The zero-order chi connectivity index (χ0) is 13.8. The summed E-state index contributed by atoms with van der Waals surface area (Å²) in [6, 6.07) is 8.20. The van der Waals surface area contributed by atoms with E-state index in [0.29, 0.717) is 6.54 Å². The second kappa shape index (κ2) is 7.94. The fraction of sp³-hybridized carbons (Fsp3) is 0.400. The Hall–Kier alpha value is -0.880. The average Bonchev–Trinajstić information content (AvgIpc) is 2.97. The van der Waals surface area contributed by atoms with Gasteiger partial charge in [-0.2, -0.15) is 0 Å². The summed E-state index contributed by atoms with van der Waals surface area (Å²) in [5.41, 5.74) is 0. The lowest BCUT2D eigenvalue weighted by atomic mass is 10.2. The minimum absolute atomic E-state index is 0. The lowest BCUT2D eigenvalue weighted by Crippen LogP contribution is -2.36. The minimum atomic E-state index is -0.00905. The van der Waals surface area contributed by atoms with Crippen LogP contribution >= 0.6 is 35.1 Å². The molecule has 1 aliphatic rings. The number of nitrogens with one attached hydrogen (secondary N) is 2. The Labute approximate surface area is 139 Å². The molecule has 2 aromatic heterocycles. The summed E-state index contributed by atoms with van der Waals surface area (Å²) in [7, 11) is 0. The molecule has 3 rings (SSSR count). The van der Waals surface area contributed by atoms with Gasteiger partial charge in [-0.3, -0.25) is 4.79 Å². The van der Waals surface area contributed by atoms with Crippen molar-refractivity contribution < 1.29 is 4.79 Å². The van der Waals surface area contributed by atoms with E-state index in [4.69, 9.17) is 0 Å². The van der Waals surface area contributed by atoms with E-state index in [1.807, 2.05) is 22.9 Å². The molecule has 0 aromatic carbocycles. The Balaban J connectivity index is 0.00000161. The average molecular weight is 343 g/mol. The lowest BCUT2D eigenvalue weighted by molar-refractivity contribution is -0.120. The van der Waals surface area contributed by atoms with Gasteiger partial charge in [-0.1, -0.05) is 12.1 Å². The molecule has 114 valence electrons. The van der Waals surface area contributed by atoms with Crippen LogP contribution in [0.5, 0.6) is 0 Å². The van der Waals surface area contributed by atoms with Gasteiger partial charge in [-0.05, 0) is 48.2 Å². The van der Waals surface area contributed by atoms with Crippen molar-refractivity contribution in [1.29, 1.82) is 0 Å². The first-order valence-electron chi connectivity index (χ1n) is 6.90. The molecule has 2 heterocycles. The van der Waals surface area contributed by atoms with Gasteiger partial charge in [0.1, 0.15) is 0 Å². The molecule has 2 N–H and O–H groups in total. The van der Waals surface area contributed by atoms with Gasteiger partial charge < -0.3 is 10.6 Å². The van der Waals surface area contributed by atoms with Crippen LogP contribution in [-0.4, -0.2) is 19.0 Å². The molecular weight excluding hydrogens is 324 g/mol. The van der Waals surface area contributed by atoms with Crippen LogP contribution in [0.2, 0.25) is 0 Å². The molecule has 1 fully saturated rings. The molecule has 0 saturated heterocycles. The van der Waals surface area contributed by atoms with Crippen molar-refractivity contribution >= 4 is 41.0 Å². The predicted molar refractivity (Wildman–Crippen MR) is 91.5 cm³/mol. The zero-order valence-electron chi connectivity index (χ0n) is 11.6. The first kappa shape index (κ1) is 16.5. The van der Waals surface area contributed by atoms with Gasteiger partial charge in [0, 0.05) is 9.75 Å². The third-order valence-electron chi connectivity index (χ3n) is 3.38. The van der Waals surface area contributed by atoms with Gasteiger partial charge >= 0.3 is 0 Å². The summed E-state index contributed by atoms with van der Waals surface area (Å²) in [6.45, 7) is 1.37. The second-order valence-corrected chi connectivity index (χ2v) is 7.06. The van der Waals surface area contributed by atoms with Gasteiger partial charge in [0.25, 0.3) is 0 Å². The molecule has 3 nitrogen and oxygen atoms in total. The van der Waals surface area contributed by atoms with Crippen molar-refractivity contribution in [3.8, 4) is 0 Å². The molecule has 1 aliphatic carbocycles. The molecule has 0 bridgehead atoms. The molecule has 1 saturated carbocycles. The van der Waals surface area contributed by atoms with Crippen LogP contribution < -0.4 is 10.6 Å². The standard InChI is InChI=1S/C15H18N2OS2.ClH/c18-14(10-16-9-11-5-6-11)17-15(12-3-1-7-19-12)13-4-2-8-20-13;/h1-4,7-8,11,15-16H,5-6,9-10H2,(H,17,18);1H. The topological polar surface area (TPSA) is 41.1 Å². The van der Waals surface area contributed by atoms with Crippen molar-refractivity contribution in [3.63, 3.8) is 0 Å². The van der Waals surface area contributed by atoms with Gasteiger partial charge in [0.2, 0.25) is 5.91 Å². The van der Waals surface area contributed by atoms with Crippen molar-refractivity contribution in [2.75, 3.05) is 13.1 Å². The summed E-state index contributed by atoms with van der Waals surface area (Å²) in [5, 5.41) is 10.5. The quantitative estimate of drug-likeness (QED) is 0.809. The number of thiophene rings is 2.